The summed E-state index contributed by atoms with van der Waals surface area (Å²) in [6.45, 7) is 0.0349. The Kier molecular flexibility index (Phi) is 11.2. The number of nitrogens with zero attached hydrogens (tertiary/aromatic N) is 5. The minimum Gasteiger partial charge on any atom is -0.311 e. The van der Waals surface area contributed by atoms with Gasteiger partial charge in [-0.05, 0) is 129 Å². The molecule has 0 spiro atoms. The lowest BCUT2D eigenvalue weighted by atomic mass is 9.33. The van der Waals surface area contributed by atoms with Crippen molar-refractivity contribution in [1.29, 1.82) is 0 Å². The average molecular weight is 1040 g/mol. The molecule has 0 fully saturated rings. The van der Waals surface area contributed by atoms with Gasteiger partial charge in [-0.3, -0.25) is 0 Å². The van der Waals surface area contributed by atoms with Crippen LogP contribution in [0.3, 0.4) is 0 Å². The summed E-state index contributed by atoms with van der Waals surface area (Å²) >= 11 is 0. The van der Waals surface area contributed by atoms with Crippen molar-refractivity contribution >= 4 is 79.0 Å². The lowest BCUT2D eigenvalue weighted by Crippen LogP contribution is -2.61. The van der Waals surface area contributed by atoms with Gasteiger partial charge >= 0.3 is 0 Å². The maximum atomic E-state index is 5.34. The zero-order valence-electron chi connectivity index (χ0n) is 44.7. The fraction of sp³-hybridized carbons (Fsp3) is 0. The molecule has 382 valence electrons. The van der Waals surface area contributed by atoms with Crippen molar-refractivity contribution in [2.75, 3.05) is 9.80 Å². The number of para-hydroxylation sites is 5. The van der Waals surface area contributed by atoms with Crippen molar-refractivity contribution in [1.82, 2.24) is 14.5 Å². The van der Waals surface area contributed by atoms with Gasteiger partial charge in [-0.2, -0.15) is 0 Å². The number of rotatable bonds is 9. The quantitative estimate of drug-likeness (QED) is 0.135. The first kappa shape index (κ1) is 47.2. The van der Waals surface area contributed by atoms with E-state index in [0.717, 1.165) is 78.4 Å². The lowest BCUT2D eigenvalue weighted by Gasteiger charge is -2.44. The second-order valence-corrected chi connectivity index (χ2v) is 21.3. The Morgan fingerprint density at radius 3 is 1.35 bits per heavy atom. The summed E-state index contributed by atoms with van der Waals surface area (Å²) in [4.78, 5) is 15.5. The zero-order chi connectivity index (χ0) is 54.1. The Hall–Kier alpha value is -10.8. The van der Waals surface area contributed by atoms with Gasteiger partial charge in [0.2, 0.25) is 0 Å². The monoisotopic (exact) mass is 1040 g/mol. The van der Waals surface area contributed by atoms with E-state index in [0.29, 0.717) is 5.82 Å². The maximum absolute atomic E-state index is 5.34. The van der Waals surface area contributed by atoms with Gasteiger partial charge in [-0.15, -0.1) is 0 Å². The highest BCUT2D eigenvalue weighted by Crippen LogP contribution is 2.47. The third kappa shape index (κ3) is 7.87. The molecule has 0 saturated carbocycles. The van der Waals surface area contributed by atoms with E-state index in [4.69, 9.17) is 9.97 Å². The summed E-state index contributed by atoms with van der Waals surface area (Å²) in [5.74, 6) is 0.683. The molecule has 0 atom stereocenters. The van der Waals surface area contributed by atoms with Gasteiger partial charge in [-0.25, -0.2) is 9.97 Å². The van der Waals surface area contributed by atoms with Crippen LogP contribution >= 0.6 is 0 Å². The molecule has 2 aliphatic rings. The molecular formula is C76H50BN5. The molecule has 0 N–H and O–H groups in total. The highest BCUT2D eigenvalue weighted by atomic mass is 15.2. The molecule has 82 heavy (non-hydrogen) atoms. The van der Waals surface area contributed by atoms with E-state index in [1.54, 1.807) is 0 Å². The SMILES string of the molecule is c1ccc(-c2ccc3c(c2)c2ccccc2n3-c2ccc(-c3cc(-c4ccccc4)nc(-c4ccccc4)n3)cc2-c2ccc(-c3cc4c5c(c3)N(c3ccccc3)c3ccccc3B5c3ccccc3N4c3ccccc3)cc2)cc1. The van der Waals surface area contributed by atoms with Crippen molar-refractivity contribution in [3.8, 4) is 73.0 Å². The molecule has 0 radical (unpaired) electrons. The molecule has 0 saturated heterocycles. The van der Waals surface area contributed by atoms with Crippen molar-refractivity contribution < 1.29 is 0 Å². The highest BCUT2D eigenvalue weighted by molar-refractivity contribution is 7.00. The third-order valence-corrected chi connectivity index (χ3v) is 16.6. The van der Waals surface area contributed by atoms with Gasteiger partial charge in [-0.1, -0.05) is 218 Å². The van der Waals surface area contributed by atoms with E-state index in [2.05, 4.69) is 293 Å². The maximum Gasteiger partial charge on any atom is 0.252 e. The van der Waals surface area contributed by atoms with Crippen LogP contribution in [0.4, 0.5) is 34.1 Å². The van der Waals surface area contributed by atoms with Crippen molar-refractivity contribution in [3.05, 3.63) is 303 Å². The van der Waals surface area contributed by atoms with E-state index in [1.807, 2.05) is 24.3 Å². The fourth-order valence-electron chi connectivity index (χ4n) is 12.8. The van der Waals surface area contributed by atoms with Crippen LogP contribution in [0.15, 0.2) is 303 Å². The predicted octanol–water partition coefficient (Wildman–Crippen LogP) is 17.7. The normalized spacial score (nSPS) is 12.3. The molecule has 0 aliphatic carbocycles. The van der Waals surface area contributed by atoms with E-state index >= 15 is 0 Å². The Bertz CT molecular complexity index is 4570. The average Bonchev–Trinajstić information content (AvgIpc) is 3.38. The molecule has 0 bridgehead atoms. The number of benzene rings is 12. The summed E-state index contributed by atoms with van der Waals surface area (Å²) < 4.78 is 2.45. The Labute approximate surface area is 477 Å². The van der Waals surface area contributed by atoms with Gasteiger partial charge < -0.3 is 14.4 Å². The number of fused-ring (bicyclic) bond motifs is 7. The van der Waals surface area contributed by atoms with Crippen LogP contribution in [-0.4, -0.2) is 21.2 Å². The molecule has 14 aromatic rings. The summed E-state index contributed by atoms with van der Waals surface area (Å²) in [5, 5.41) is 2.41. The molecule has 5 nitrogen and oxygen atoms in total. The molecule has 0 amide bonds. The van der Waals surface area contributed by atoms with Crippen LogP contribution in [0.2, 0.25) is 0 Å². The van der Waals surface area contributed by atoms with E-state index in [1.165, 1.54) is 61.0 Å². The van der Waals surface area contributed by atoms with Crippen LogP contribution in [0.5, 0.6) is 0 Å². The number of anilines is 6. The van der Waals surface area contributed by atoms with Crippen LogP contribution in [0, 0.1) is 0 Å². The molecule has 16 rings (SSSR count). The van der Waals surface area contributed by atoms with E-state index < -0.39 is 0 Å². The first-order chi connectivity index (χ1) is 40.7. The molecule has 2 aliphatic heterocycles. The molecule has 2 aromatic heterocycles. The largest absolute Gasteiger partial charge is 0.311 e. The van der Waals surface area contributed by atoms with Gasteiger partial charge in [0.1, 0.15) is 0 Å². The van der Waals surface area contributed by atoms with Crippen molar-refractivity contribution in [2.45, 2.75) is 0 Å². The summed E-state index contributed by atoms with van der Waals surface area (Å²) in [5.41, 5.74) is 25.8. The third-order valence-electron chi connectivity index (χ3n) is 16.6. The highest BCUT2D eigenvalue weighted by Gasteiger charge is 2.43. The standard InChI is InChI=1S/C76H50BN5/c1-6-22-51(23-7-1)56-42-44-70-63(46-56)61-32-16-19-35-68(61)82(70)69-45-43-57(67-50-66(54-24-8-2-9-25-54)78-76(79-67)55-26-10-3-11-27-55)47-62(69)53-40-38-52(39-41-53)58-48-73-75-74(49-58)81(60-30-14-5-15-31-60)72-37-21-18-34-65(72)77(75)64-33-17-20-36-71(64)80(73)59-28-12-4-13-29-59/h1-50H. The zero-order valence-corrected chi connectivity index (χ0v) is 44.7. The summed E-state index contributed by atoms with van der Waals surface area (Å²) in [6, 6.07) is 110. The van der Waals surface area contributed by atoms with Gasteiger partial charge in [0, 0.05) is 67.2 Å². The molecular weight excluding hydrogens is 994 g/mol. The van der Waals surface area contributed by atoms with Crippen molar-refractivity contribution in [2.24, 2.45) is 0 Å². The van der Waals surface area contributed by atoms with Gasteiger partial charge in [0.05, 0.1) is 28.1 Å². The van der Waals surface area contributed by atoms with Crippen LogP contribution in [0.25, 0.3) is 94.8 Å². The number of aromatic nitrogens is 3. The molecule has 6 heteroatoms. The number of hydrogen-bond acceptors (Lipinski definition) is 4. The van der Waals surface area contributed by atoms with Crippen LogP contribution in [0.1, 0.15) is 0 Å². The molecule has 12 aromatic carbocycles. The second kappa shape index (κ2) is 19.5. The summed E-state index contributed by atoms with van der Waals surface area (Å²) in [7, 11) is 0. The minimum absolute atomic E-state index is 0.0349. The van der Waals surface area contributed by atoms with Crippen LogP contribution < -0.4 is 26.2 Å². The smallest absolute Gasteiger partial charge is 0.252 e. The second-order valence-electron chi connectivity index (χ2n) is 21.3. The van der Waals surface area contributed by atoms with Gasteiger partial charge in [0.25, 0.3) is 6.71 Å². The topological polar surface area (TPSA) is 37.2 Å². The van der Waals surface area contributed by atoms with E-state index in [9.17, 15) is 0 Å². The summed E-state index contributed by atoms with van der Waals surface area (Å²) in [6.07, 6.45) is 0. The molecule has 0 unspecified atom stereocenters. The van der Waals surface area contributed by atoms with E-state index in [-0.39, 0.29) is 6.71 Å². The first-order valence-electron chi connectivity index (χ1n) is 28.1. The Balaban J connectivity index is 0.906. The van der Waals surface area contributed by atoms with Crippen molar-refractivity contribution in [3.63, 3.8) is 0 Å². The molecule has 4 heterocycles. The lowest BCUT2D eigenvalue weighted by molar-refractivity contribution is 1.17. The van der Waals surface area contributed by atoms with Gasteiger partial charge in [0.15, 0.2) is 5.82 Å². The predicted molar refractivity (Wildman–Crippen MR) is 343 cm³/mol. The Morgan fingerprint density at radius 2 is 0.732 bits per heavy atom. The minimum atomic E-state index is 0.0349. The van der Waals surface area contributed by atoms with Crippen LogP contribution in [-0.2, 0) is 0 Å². The number of hydrogen-bond donors (Lipinski definition) is 0. The fourth-order valence-corrected chi connectivity index (χ4v) is 12.8. The Morgan fingerprint density at radius 1 is 0.268 bits per heavy atom. The first-order valence-corrected chi connectivity index (χ1v) is 28.1.